The van der Waals surface area contributed by atoms with Crippen molar-refractivity contribution >= 4 is 16.7 Å². The van der Waals surface area contributed by atoms with E-state index >= 15 is 0 Å². The lowest BCUT2D eigenvalue weighted by molar-refractivity contribution is -0.144. The summed E-state index contributed by atoms with van der Waals surface area (Å²) in [6, 6.07) is 20.7. The summed E-state index contributed by atoms with van der Waals surface area (Å²) in [5.74, 6) is 0.274. The first-order valence-electron chi connectivity index (χ1n) is 7.67. The summed E-state index contributed by atoms with van der Waals surface area (Å²) in [5, 5.41) is 11.5. The fourth-order valence-electron chi connectivity index (χ4n) is 2.64. The van der Waals surface area contributed by atoms with Crippen LogP contribution in [0.3, 0.4) is 0 Å². The van der Waals surface area contributed by atoms with Crippen molar-refractivity contribution in [2.24, 2.45) is 0 Å². The molecule has 1 N–H and O–H groups in total. The molecular formula is C20H18O4. The number of methoxy groups -OCH3 is 1. The number of hydrogen-bond donors (Lipinski definition) is 1. The van der Waals surface area contributed by atoms with Crippen LogP contribution in [0, 0.1) is 0 Å². The molecule has 24 heavy (non-hydrogen) atoms. The van der Waals surface area contributed by atoms with E-state index in [1.165, 1.54) is 0 Å². The fourth-order valence-corrected chi connectivity index (χ4v) is 2.64. The molecule has 0 heterocycles. The Morgan fingerprint density at radius 3 is 2.58 bits per heavy atom. The van der Waals surface area contributed by atoms with Gasteiger partial charge in [0.1, 0.15) is 11.5 Å². The van der Waals surface area contributed by atoms with Gasteiger partial charge >= 0.3 is 5.97 Å². The van der Waals surface area contributed by atoms with Gasteiger partial charge in [-0.2, -0.15) is 0 Å². The monoisotopic (exact) mass is 322 g/mol. The number of carboxylic acid groups (broad SMARTS) is 1. The first-order valence-corrected chi connectivity index (χ1v) is 7.67. The molecule has 4 heteroatoms. The van der Waals surface area contributed by atoms with Gasteiger partial charge in [0.2, 0.25) is 0 Å². The van der Waals surface area contributed by atoms with Gasteiger partial charge in [0.25, 0.3) is 0 Å². The molecule has 3 rings (SSSR count). The predicted molar refractivity (Wildman–Crippen MR) is 92.7 cm³/mol. The normalized spacial score (nSPS) is 11.9. The van der Waals surface area contributed by atoms with Crippen LogP contribution in [0.1, 0.15) is 5.56 Å². The van der Waals surface area contributed by atoms with Crippen LogP contribution >= 0.6 is 0 Å². The molecule has 0 aliphatic carbocycles. The highest BCUT2D eigenvalue weighted by molar-refractivity contribution is 5.88. The zero-order chi connectivity index (χ0) is 16.9. The van der Waals surface area contributed by atoms with Crippen molar-refractivity contribution < 1.29 is 19.4 Å². The Bertz CT molecular complexity index is 852. The zero-order valence-electron chi connectivity index (χ0n) is 13.3. The summed E-state index contributed by atoms with van der Waals surface area (Å²) in [6.45, 7) is 0. The molecule has 1 atom stereocenters. The summed E-state index contributed by atoms with van der Waals surface area (Å²) in [4.78, 5) is 11.6. The third-order valence-corrected chi connectivity index (χ3v) is 3.85. The van der Waals surface area contributed by atoms with E-state index in [4.69, 9.17) is 9.47 Å². The van der Waals surface area contributed by atoms with Crippen LogP contribution in [0.5, 0.6) is 11.5 Å². The van der Waals surface area contributed by atoms with Gasteiger partial charge in [0, 0.05) is 11.8 Å². The molecule has 122 valence electrons. The van der Waals surface area contributed by atoms with Crippen LogP contribution in [0.2, 0.25) is 0 Å². The minimum atomic E-state index is -0.995. The van der Waals surface area contributed by atoms with Crippen LogP contribution in [-0.4, -0.2) is 24.3 Å². The van der Waals surface area contributed by atoms with E-state index in [-0.39, 0.29) is 6.42 Å². The van der Waals surface area contributed by atoms with Gasteiger partial charge in [0.05, 0.1) is 7.11 Å². The lowest BCUT2D eigenvalue weighted by atomic mass is 10.1. The maximum absolute atomic E-state index is 11.6. The van der Waals surface area contributed by atoms with E-state index in [1.807, 2.05) is 60.7 Å². The summed E-state index contributed by atoms with van der Waals surface area (Å²) >= 11 is 0. The minimum absolute atomic E-state index is 0.260. The van der Waals surface area contributed by atoms with Crippen molar-refractivity contribution in [2.75, 3.05) is 7.11 Å². The molecule has 0 aliphatic heterocycles. The number of benzene rings is 3. The zero-order valence-corrected chi connectivity index (χ0v) is 13.3. The highest BCUT2D eigenvalue weighted by atomic mass is 16.5. The van der Waals surface area contributed by atoms with Crippen LogP contribution in [0.25, 0.3) is 10.8 Å². The van der Waals surface area contributed by atoms with Gasteiger partial charge in [-0.3, -0.25) is 0 Å². The average Bonchev–Trinajstić information content (AvgIpc) is 2.61. The molecule has 0 spiro atoms. The van der Waals surface area contributed by atoms with Crippen LogP contribution in [-0.2, 0) is 11.2 Å². The molecule has 0 fully saturated rings. The number of carbonyl (C=O) groups is 1. The fraction of sp³-hybridized carbons (Fsp3) is 0.150. The molecule has 0 amide bonds. The second-order valence-corrected chi connectivity index (χ2v) is 5.48. The van der Waals surface area contributed by atoms with Crippen LogP contribution in [0.4, 0.5) is 0 Å². The number of rotatable bonds is 6. The molecule has 0 aliphatic rings. The first kappa shape index (κ1) is 15.9. The number of ether oxygens (including phenoxy) is 2. The Kier molecular flexibility index (Phi) is 4.66. The number of hydrogen-bond acceptors (Lipinski definition) is 3. The van der Waals surface area contributed by atoms with Crippen LogP contribution in [0.15, 0.2) is 66.7 Å². The van der Waals surface area contributed by atoms with Gasteiger partial charge in [-0.1, -0.05) is 48.5 Å². The summed E-state index contributed by atoms with van der Waals surface area (Å²) in [6.07, 6.45) is -0.710. The smallest absolute Gasteiger partial charge is 0.345 e. The Morgan fingerprint density at radius 2 is 1.79 bits per heavy atom. The topological polar surface area (TPSA) is 55.8 Å². The van der Waals surface area contributed by atoms with E-state index in [0.717, 1.165) is 16.3 Å². The van der Waals surface area contributed by atoms with E-state index < -0.39 is 12.1 Å². The molecule has 3 aromatic carbocycles. The van der Waals surface area contributed by atoms with Crippen molar-refractivity contribution in [3.63, 3.8) is 0 Å². The van der Waals surface area contributed by atoms with E-state index in [2.05, 4.69) is 0 Å². The molecular weight excluding hydrogens is 304 g/mol. The SMILES string of the molecule is COc1cccc(CC(Oc2cccc3ccccc23)C(=O)O)c1. The Hall–Kier alpha value is -3.01. The van der Waals surface area contributed by atoms with Crippen molar-refractivity contribution in [3.05, 3.63) is 72.3 Å². The molecule has 0 saturated carbocycles. The summed E-state index contributed by atoms with van der Waals surface area (Å²) in [7, 11) is 1.58. The molecule has 0 aromatic heterocycles. The van der Waals surface area contributed by atoms with Gasteiger partial charge in [-0.15, -0.1) is 0 Å². The molecule has 4 nitrogen and oxygen atoms in total. The van der Waals surface area contributed by atoms with Gasteiger partial charge in [-0.25, -0.2) is 4.79 Å². The van der Waals surface area contributed by atoms with E-state index in [9.17, 15) is 9.90 Å². The Morgan fingerprint density at radius 1 is 1.04 bits per heavy atom. The second-order valence-electron chi connectivity index (χ2n) is 5.48. The molecule has 0 radical (unpaired) electrons. The quantitative estimate of drug-likeness (QED) is 0.747. The minimum Gasteiger partial charge on any atom is -0.497 e. The molecule has 1 unspecified atom stereocenters. The van der Waals surface area contributed by atoms with Crippen molar-refractivity contribution in [3.8, 4) is 11.5 Å². The standard InChI is InChI=1S/C20H18O4/c1-23-16-9-4-6-14(12-16)13-19(20(21)22)24-18-11-5-8-15-7-2-3-10-17(15)18/h2-12,19H,13H2,1H3,(H,21,22). The number of aliphatic carboxylic acids is 1. The Labute approximate surface area is 140 Å². The molecule has 0 saturated heterocycles. The van der Waals surface area contributed by atoms with Gasteiger partial charge in [-0.05, 0) is 29.1 Å². The second kappa shape index (κ2) is 7.04. The molecule has 0 bridgehead atoms. The number of fused-ring (bicyclic) bond motifs is 1. The lowest BCUT2D eigenvalue weighted by Crippen LogP contribution is -2.29. The summed E-state index contributed by atoms with van der Waals surface area (Å²) < 4.78 is 11.0. The third-order valence-electron chi connectivity index (χ3n) is 3.85. The highest BCUT2D eigenvalue weighted by Gasteiger charge is 2.21. The molecule has 3 aromatic rings. The van der Waals surface area contributed by atoms with Gasteiger partial charge < -0.3 is 14.6 Å². The van der Waals surface area contributed by atoms with Crippen LogP contribution < -0.4 is 9.47 Å². The predicted octanol–water partition coefficient (Wildman–Crippen LogP) is 3.92. The van der Waals surface area contributed by atoms with E-state index in [1.54, 1.807) is 13.2 Å². The van der Waals surface area contributed by atoms with Crippen molar-refractivity contribution in [1.29, 1.82) is 0 Å². The highest BCUT2D eigenvalue weighted by Crippen LogP contribution is 2.27. The largest absolute Gasteiger partial charge is 0.497 e. The van der Waals surface area contributed by atoms with E-state index in [0.29, 0.717) is 11.5 Å². The maximum atomic E-state index is 11.6. The van der Waals surface area contributed by atoms with Crippen molar-refractivity contribution in [1.82, 2.24) is 0 Å². The Balaban J connectivity index is 1.87. The number of carboxylic acids is 1. The average molecular weight is 322 g/mol. The third kappa shape index (κ3) is 3.49. The summed E-state index contributed by atoms with van der Waals surface area (Å²) in [5.41, 5.74) is 0.849. The maximum Gasteiger partial charge on any atom is 0.345 e. The van der Waals surface area contributed by atoms with Gasteiger partial charge in [0.15, 0.2) is 6.10 Å². The van der Waals surface area contributed by atoms with Crippen molar-refractivity contribution in [2.45, 2.75) is 12.5 Å². The first-order chi connectivity index (χ1) is 11.7. The lowest BCUT2D eigenvalue weighted by Gasteiger charge is -2.17.